The molecule has 1 heterocycles. The maximum atomic E-state index is 13.7. The third-order valence-corrected chi connectivity index (χ3v) is 6.48. The van der Waals surface area contributed by atoms with Crippen LogP contribution in [0.4, 0.5) is 0 Å². The van der Waals surface area contributed by atoms with Crippen LogP contribution >= 0.6 is 0 Å². The minimum Gasteiger partial charge on any atom is -0.497 e. The monoisotopic (exact) mass is 474 g/mol. The largest absolute Gasteiger partial charge is 0.497 e. The van der Waals surface area contributed by atoms with E-state index >= 15 is 0 Å². The normalized spacial score (nSPS) is 16.9. The summed E-state index contributed by atoms with van der Waals surface area (Å²) in [4.78, 5) is 28.9. The van der Waals surface area contributed by atoms with E-state index in [1.54, 1.807) is 32.3 Å². The van der Waals surface area contributed by atoms with Crippen molar-refractivity contribution in [2.24, 2.45) is 0 Å². The van der Waals surface area contributed by atoms with Gasteiger partial charge in [0.1, 0.15) is 22.8 Å². The maximum Gasteiger partial charge on any atom is 0.255 e. The molecule has 35 heavy (non-hydrogen) atoms. The summed E-state index contributed by atoms with van der Waals surface area (Å²) in [5.74, 6) is 1.59. The van der Waals surface area contributed by atoms with E-state index in [9.17, 15) is 9.59 Å². The van der Waals surface area contributed by atoms with Crippen molar-refractivity contribution in [3.63, 3.8) is 0 Å². The summed E-state index contributed by atoms with van der Waals surface area (Å²) in [5.41, 5.74) is 2.13. The number of nitrogens with one attached hydrogen (secondary N) is 1. The molecule has 0 radical (unpaired) electrons. The van der Waals surface area contributed by atoms with Gasteiger partial charge in [0.15, 0.2) is 0 Å². The summed E-state index contributed by atoms with van der Waals surface area (Å²) in [6.07, 6.45) is 0.407. The van der Waals surface area contributed by atoms with Gasteiger partial charge in [-0.05, 0) is 53.9 Å². The molecule has 0 bridgehead atoms. The van der Waals surface area contributed by atoms with Crippen molar-refractivity contribution in [3.05, 3.63) is 89.0 Å². The van der Waals surface area contributed by atoms with Crippen molar-refractivity contribution in [2.75, 3.05) is 21.3 Å². The van der Waals surface area contributed by atoms with E-state index in [2.05, 4.69) is 5.32 Å². The van der Waals surface area contributed by atoms with Gasteiger partial charge < -0.3 is 24.4 Å². The SMILES string of the molecule is COc1ccc(CNC(=O)[C@@]2(C)Cc3ccccc3C(=O)N2Cc2cc(OC)cc(OC)c2)cc1. The highest BCUT2D eigenvalue weighted by molar-refractivity contribution is 6.02. The van der Waals surface area contributed by atoms with Crippen LogP contribution < -0.4 is 19.5 Å². The lowest BCUT2D eigenvalue weighted by Gasteiger charge is -2.44. The average molecular weight is 475 g/mol. The van der Waals surface area contributed by atoms with Gasteiger partial charge in [-0.25, -0.2) is 0 Å². The number of ether oxygens (including phenoxy) is 3. The summed E-state index contributed by atoms with van der Waals surface area (Å²) in [6, 6.07) is 20.5. The van der Waals surface area contributed by atoms with Crippen molar-refractivity contribution in [1.82, 2.24) is 10.2 Å². The summed E-state index contributed by atoms with van der Waals surface area (Å²) in [6.45, 7) is 2.39. The minimum atomic E-state index is -1.09. The van der Waals surface area contributed by atoms with Gasteiger partial charge in [0.05, 0.1) is 21.3 Å². The van der Waals surface area contributed by atoms with E-state index in [0.717, 1.165) is 22.4 Å². The van der Waals surface area contributed by atoms with E-state index in [-0.39, 0.29) is 18.4 Å². The molecule has 7 nitrogen and oxygen atoms in total. The van der Waals surface area contributed by atoms with E-state index in [4.69, 9.17) is 14.2 Å². The molecule has 1 aliphatic rings. The van der Waals surface area contributed by atoms with Crippen LogP contribution in [0.2, 0.25) is 0 Å². The second kappa shape index (κ2) is 10.1. The number of benzene rings is 3. The molecule has 182 valence electrons. The van der Waals surface area contributed by atoms with E-state index in [0.29, 0.717) is 30.0 Å². The number of hydrogen-bond donors (Lipinski definition) is 1. The van der Waals surface area contributed by atoms with Crippen LogP contribution in [0.1, 0.15) is 34.0 Å². The topological polar surface area (TPSA) is 77.1 Å². The van der Waals surface area contributed by atoms with Gasteiger partial charge in [0, 0.05) is 31.1 Å². The van der Waals surface area contributed by atoms with Crippen LogP contribution in [0.5, 0.6) is 17.2 Å². The summed E-state index contributed by atoms with van der Waals surface area (Å²) < 4.78 is 16.0. The van der Waals surface area contributed by atoms with Crippen LogP contribution in [0.25, 0.3) is 0 Å². The molecule has 1 atom stereocenters. The molecule has 3 aromatic rings. The van der Waals surface area contributed by atoms with Gasteiger partial charge in [0.25, 0.3) is 5.91 Å². The van der Waals surface area contributed by atoms with Gasteiger partial charge in [-0.1, -0.05) is 30.3 Å². The van der Waals surface area contributed by atoms with Crippen molar-refractivity contribution < 1.29 is 23.8 Å². The number of methoxy groups -OCH3 is 3. The molecule has 1 N–H and O–H groups in total. The fourth-order valence-electron chi connectivity index (χ4n) is 4.42. The Morgan fingerprint density at radius 1 is 0.886 bits per heavy atom. The Balaban J connectivity index is 1.65. The van der Waals surface area contributed by atoms with Crippen LogP contribution in [0.15, 0.2) is 66.7 Å². The van der Waals surface area contributed by atoms with Gasteiger partial charge in [-0.2, -0.15) is 0 Å². The zero-order chi connectivity index (χ0) is 25.0. The first-order valence-electron chi connectivity index (χ1n) is 11.4. The number of carbonyl (C=O) groups is 2. The van der Waals surface area contributed by atoms with Crippen molar-refractivity contribution >= 4 is 11.8 Å². The number of rotatable bonds is 8. The Morgan fingerprint density at radius 3 is 2.14 bits per heavy atom. The molecule has 3 aromatic carbocycles. The summed E-state index contributed by atoms with van der Waals surface area (Å²) >= 11 is 0. The Morgan fingerprint density at radius 2 is 1.51 bits per heavy atom. The number of nitrogens with zero attached hydrogens (tertiary/aromatic N) is 1. The van der Waals surface area contributed by atoms with Gasteiger partial charge in [-0.3, -0.25) is 9.59 Å². The Hall–Kier alpha value is -4.00. The summed E-state index contributed by atoms with van der Waals surface area (Å²) in [5, 5.41) is 3.04. The van der Waals surface area contributed by atoms with Crippen LogP contribution in [0, 0.1) is 0 Å². The second-order valence-corrected chi connectivity index (χ2v) is 8.75. The minimum absolute atomic E-state index is 0.185. The number of hydrogen-bond acceptors (Lipinski definition) is 5. The highest BCUT2D eigenvalue weighted by atomic mass is 16.5. The fraction of sp³-hybridized carbons (Fsp3) is 0.286. The zero-order valence-electron chi connectivity index (χ0n) is 20.5. The quantitative estimate of drug-likeness (QED) is 0.534. The lowest BCUT2D eigenvalue weighted by Crippen LogP contribution is -2.62. The Labute approximate surface area is 205 Å². The molecule has 0 saturated heterocycles. The van der Waals surface area contributed by atoms with Crippen LogP contribution in [-0.4, -0.2) is 43.6 Å². The molecule has 4 rings (SSSR count). The van der Waals surface area contributed by atoms with Crippen molar-refractivity contribution in [1.29, 1.82) is 0 Å². The molecule has 0 unspecified atom stereocenters. The lowest BCUT2D eigenvalue weighted by atomic mass is 9.82. The molecular formula is C28H30N2O5. The van der Waals surface area contributed by atoms with Gasteiger partial charge >= 0.3 is 0 Å². The van der Waals surface area contributed by atoms with E-state index in [1.165, 1.54) is 0 Å². The third kappa shape index (κ3) is 4.94. The van der Waals surface area contributed by atoms with Crippen LogP contribution in [-0.2, 0) is 24.3 Å². The molecule has 0 spiro atoms. The first-order valence-corrected chi connectivity index (χ1v) is 11.4. The molecule has 2 amide bonds. The standard InChI is InChI=1S/C28H30N2O5/c1-28(27(32)29-17-19-9-11-22(33-2)12-10-19)16-21-7-5-6-8-25(21)26(31)30(28)18-20-13-23(34-3)15-24(14-20)35-4/h5-15H,16-18H2,1-4H3,(H,29,32)/t28-/m1/s1. The second-order valence-electron chi connectivity index (χ2n) is 8.75. The molecule has 0 fully saturated rings. The average Bonchev–Trinajstić information content (AvgIpc) is 2.89. The summed E-state index contributed by atoms with van der Waals surface area (Å²) in [7, 11) is 4.78. The van der Waals surface area contributed by atoms with E-state index in [1.807, 2.05) is 67.6 Å². The molecule has 1 aliphatic heterocycles. The number of amides is 2. The predicted molar refractivity (Wildman–Crippen MR) is 133 cm³/mol. The highest BCUT2D eigenvalue weighted by Gasteiger charge is 2.46. The molecule has 0 aliphatic carbocycles. The molecule has 0 saturated carbocycles. The smallest absolute Gasteiger partial charge is 0.255 e. The lowest BCUT2D eigenvalue weighted by molar-refractivity contribution is -0.132. The van der Waals surface area contributed by atoms with Crippen LogP contribution in [0.3, 0.4) is 0 Å². The first-order chi connectivity index (χ1) is 16.9. The predicted octanol–water partition coefficient (Wildman–Crippen LogP) is 3.99. The van der Waals surface area contributed by atoms with E-state index < -0.39 is 5.54 Å². The van der Waals surface area contributed by atoms with Gasteiger partial charge in [0.2, 0.25) is 5.91 Å². The number of carbonyl (C=O) groups excluding carboxylic acids is 2. The molecule has 0 aromatic heterocycles. The van der Waals surface area contributed by atoms with Gasteiger partial charge in [-0.15, -0.1) is 0 Å². The zero-order valence-corrected chi connectivity index (χ0v) is 20.5. The van der Waals surface area contributed by atoms with Crippen molar-refractivity contribution in [3.8, 4) is 17.2 Å². The third-order valence-electron chi connectivity index (χ3n) is 6.48. The maximum absolute atomic E-state index is 13.7. The highest BCUT2D eigenvalue weighted by Crippen LogP contribution is 2.34. The molecular weight excluding hydrogens is 444 g/mol. The Bertz CT molecular complexity index is 1200. The first kappa shape index (κ1) is 24.1. The Kier molecular flexibility index (Phi) is 6.96. The molecule has 7 heteroatoms. The number of fused-ring (bicyclic) bond motifs is 1. The van der Waals surface area contributed by atoms with Crippen molar-refractivity contribution in [2.45, 2.75) is 32.0 Å². The fourth-order valence-corrected chi connectivity index (χ4v) is 4.42.